The number of rotatable bonds is 4. The highest BCUT2D eigenvalue weighted by Gasteiger charge is 2.31. The van der Waals surface area contributed by atoms with E-state index in [1.165, 1.54) is 0 Å². The minimum atomic E-state index is -4.59. The van der Waals surface area contributed by atoms with Crippen LogP contribution < -0.4 is 0 Å². The number of hydrogen-bond acceptors (Lipinski definition) is 2. The molecule has 0 saturated carbocycles. The van der Waals surface area contributed by atoms with Crippen molar-refractivity contribution in [1.82, 2.24) is 0 Å². The number of halogens is 4. The summed E-state index contributed by atoms with van der Waals surface area (Å²) in [5.74, 6) is -2.03. The van der Waals surface area contributed by atoms with Gasteiger partial charge in [0.05, 0.1) is 12.0 Å². The SMILES string of the molecule is CC(CC(=O)O)Sc1ccc(C(F)(F)F)cc1F. The Balaban J connectivity index is 2.83. The Bertz CT molecular complexity index is 445. The molecule has 0 aliphatic heterocycles. The average Bonchev–Trinajstić information content (AvgIpc) is 2.18. The summed E-state index contributed by atoms with van der Waals surface area (Å²) in [6.45, 7) is 1.57. The van der Waals surface area contributed by atoms with Gasteiger partial charge in [0.1, 0.15) is 5.82 Å². The molecule has 0 aliphatic carbocycles. The minimum Gasteiger partial charge on any atom is -0.481 e. The van der Waals surface area contributed by atoms with Crippen molar-refractivity contribution in [3.8, 4) is 0 Å². The molecule has 1 aromatic rings. The molecule has 0 radical (unpaired) electrons. The summed E-state index contributed by atoms with van der Waals surface area (Å²) in [5.41, 5.74) is -1.06. The van der Waals surface area contributed by atoms with E-state index in [1.807, 2.05) is 0 Å². The fourth-order valence-electron chi connectivity index (χ4n) is 1.28. The van der Waals surface area contributed by atoms with Crippen molar-refractivity contribution in [3.05, 3.63) is 29.6 Å². The van der Waals surface area contributed by atoms with E-state index in [2.05, 4.69) is 0 Å². The standard InChI is InChI=1S/C11H10F4O2S/c1-6(4-10(16)17)18-9-3-2-7(5-8(9)12)11(13,14)15/h2-3,5-6H,4H2,1H3,(H,16,17). The van der Waals surface area contributed by atoms with Gasteiger partial charge in [-0.15, -0.1) is 11.8 Å². The molecule has 0 aromatic heterocycles. The molecule has 0 spiro atoms. The van der Waals surface area contributed by atoms with E-state index < -0.39 is 28.8 Å². The molecule has 0 heterocycles. The first-order valence-electron chi connectivity index (χ1n) is 4.95. The van der Waals surface area contributed by atoms with E-state index in [4.69, 9.17) is 5.11 Å². The van der Waals surface area contributed by atoms with Gasteiger partial charge in [-0.3, -0.25) is 4.79 Å². The number of carboxylic acid groups (broad SMARTS) is 1. The number of benzene rings is 1. The van der Waals surface area contributed by atoms with Gasteiger partial charge < -0.3 is 5.11 Å². The van der Waals surface area contributed by atoms with Crippen molar-refractivity contribution in [2.75, 3.05) is 0 Å². The molecule has 1 aromatic carbocycles. The fourth-order valence-corrected chi connectivity index (χ4v) is 2.25. The Morgan fingerprint density at radius 3 is 2.50 bits per heavy atom. The third-order valence-corrected chi connectivity index (χ3v) is 3.20. The first-order chi connectivity index (χ1) is 8.20. The smallest absolute Gasteiger partial charge is 0.416 e. The lowest BCUT2D eigenvalue weighted by Crippen LogP contribution is -2.07. The summed E-state index contributed by atoms with van der Waals surface area (Å²) in [7, 11) is 0. The zero-order valence-electron chi connectivity index (χ0n) is 9.29. The summed E-state index contributed by atoms with van der Waals surface area (Å²) < 4.78 is 50.3. The monoisotopic (exact) mass is 282 g/mol. The molecule has 1 N–H and O–H groups in total. The zero-order chi connectivity index (χ0) is 13.9. The normalized spacial score (nSPS) is 13.4. The van der Waals surface area contributed by atoms with E-state index >= 15 is 0 Å². The van der Waals surface area contributed by atoms with Gasteiger partial charge in [0, 0.05) is 10.1 Å². The van der Waals surface area contributed by atoms with E-state index in [9.17, 15) is 22.4 Å². The van der Waals surface area contributed by atoms with Crippen LogP contribution >= 0.6 is 11.8 Å². The van der Waals surface area contributed by atoms with Crippen molar-refractivity contribution < 1.29 is 27.5 Å². The molecule has 1 unspecified atom stereocenters. The third-order valence-electron chi connectivity index (χ3n) is 2.05. The Morgan fingerprint density at radius 2 is 2.06 bits per heavy atom. The first-order valence-corrected chi connectivity index (χ1v) is 5.83. The van der Waals surface area contributed by atoms with E-state index in [0.717, 1.165) is 23.9 Å². The van der Waals surface area contributed by atoms with Gasteiger partial charge in [0.2, 0.25) is 0 Å². The maximum Gasteiger partial charge on any atom is 0.416 e. The molecule has 0 amide bonds. The maximum atomic E-state index is 13.4. The summed E-state index contributed by atoms with van der Waals surface area (Å²) in [6.07, 6.45) is -4.78. The van der Waals surface area contributed by atoms with Gasteiger partial charge >= 0.3 is 12.1 Å². The van der Waals surface area contributed by atoms with Crippen LogP contribution in [-0.2, 0) is 11.0 Å². The second kappa shape index (κ2) is 5.60. The van der Waals surface area contributed by atoms with Crippen LogP contribution in [0.15, 0.2) is 23.1 Å². The van der Waals surface area contributed by atoms with Crippen molar-refractivity contribution >= 4 is 17.7 Å². The lowest BCUT2D eigenvalue weighted by molar-refractivity contribution is -0.138. The summed E-state index contributed by atoms with van der Waals surface area (Å²) in [5, 5.41) is 8.10. The molecular weight excluding hydrogens is 272 g/mol. The maximum absolute atomic E-state index is 13.4. The highest BCUT2D eigenvalue weighted by Crippen LogP contribution is 2.34. The first kappa shape index (κ1) is 14.8. The predicted molar refractivity (Wildman–Crippen MR) is 59.0 cm³/mol. The lowest BCUT2D eigenvalue weighted by atomic mass is 10.2. The molecule has 100 valence electrons. The van der Waals surface area contributed by atoms with Crippen LogP contribution in [0.2, 0.25) is 0 Å². The molecule has 2 nitrogen and oxygen atoms in total. The average molecular weight is 282 g/mol. The van der Waals surface area contributed by atoms with Gasteiger partial charge in [0.15, 0.2) is 0 Å². The van der Waals surface area contributed by atoms with Gasteiger partial charge in [0.25, 0.3) is 0 Å². The Labute approximate surface area is 105 Å². The minimum absolute atomic E-state index is 0.0109. The molecule has 7 heteroatoms. The summed E-state index contributed by atoms with van der Waals surface area (Å²) in [6, 6.07) is 2.20. The number of hydrogen-bond donors (Lipinski definition) is 1. The second-order valence-corrected chi connectivity index (χ2v) is 5.15. The molecule has 0 aliphatic rings. The quantitative estimate of drug-likeness (QED) is 0.674. The van der Waals surface area contributed by atoms with Gasteiger partial charge in [-0.2, -0.15) is 13.2 Å². The van der Waals surface area contributed by atoms with Gasteiger partial charge in [-0.25, -0.2) is 4.39 Å². The number of carbonyl (C=O) groups is 1. The van der Waals surface area contributed by atoms with Crippen LogP contribution in [0.25, 0.3) is 0 Å². The molecule has 0 fully saturated rings. The number of alkyl halides is 3. The van der Waals surface area contributed by atoms with Gasteiger partial charge in [-0.05, 0) is 18.2 Å². The van der Waals surface area contributed by atoms with Crippen molar-refractivity contribution in [2.45, 2.75) is 29.7 Å². The Hall–Kier alpha value is -1.24. The molecule has 0 bridgehead atoms. The van der Waals surface area contributed by atoms with E-state index in [0.29, 0.717) is 6.07 Å². The Kier molecular flexibility index (Phi) is 4.61. The second-order valence-electron chi connectivity index (χ2n) is 3.67. The summed E-state index contributed by atoms with van der Waals surface area (Å²) in [4.78, 5) is 10.4. The predicted octanol–water partition coefficient (Wildman–Crippen LogP) is 3.80. The van der Waals surface area contributed by atoms with Crippen LogP contribution in [0, 0.1) is 5.82 Å². The molecule has 0 saturated heterocycles. The van der Waals surface area contributed by atoms with Crippen LogP contribution in [0.5, 0.6) is 0 Å². The topological polar surface area (TPSA) is 37.3 Å². The highest BCUT2D eigenvalue weighted by molar-refractivity contribution is 8.00. The van der Waals surface area contributed by atoms with Crippen LogP contribution in [0.1, 0.15) is 18.9 Å². The number of aliphatic carboxylic acids is 1. The van der Waals surface area contributed by atoms with E-state index in [1.54, 1.807) is 6.92 Å². The van der Waals surface area contributed by atoms with Crippen molar-refractivity contribution in [1.29, 1.82) is 0 Å². The third kappa shape index (κ3) is 4.21. The summed E-state index contributed by atoms with van der Waals surface area (Å²) >= 11 is 0.895. The van der Waals surface area contributed by atoms with Gasteiger partial charge in [-0.1, -0.05) is 6.92 Å². The van der Waals surface area contributed by atoms with Crippen molar-refractivity contribution in [2.24, 2.45) is 0 Å². The number of carboxylic acids is 1. The molecule has 1 atom stereocenters. The zero-order valence-corrected chi connectivity index (χ0v) is 10.1. The highest BCUT2D eigenvalue weighted by atomic mass is 32.2. The Morgan fingerprint density at radius 1 is 1.44 bits per heavy atom. The van der Waals surface area contributed by atoms with Crippen LogP contribution in [0.4, 0.5) is 17.6 Å². The fraction of sp³-hybridized carbons (Fsp3) is 0.364. The largest absolute Gasteiger partial charge is 0.481 e. The number of thioether (sulfide) groups is 1. The molecule has 1 rings (SSSR count). The molecular formula is C11H10F4O2S. The van der Waals surface area contributed by atoms with Crippen LogP contribution in [-0.4, -0.2) is 16.3 Å². The van der Waals surface area contributed by atoms with Crippen molar-refractivity contribution in [3.63, 3.8) is 0 Å². The molecule has 18 heavy (non-hydrogen) atoms. The lowest BCUT2D eigenvalue weighted by Gasteiger charge is -2.11. The van der Waals surface area contributed by atoms with Crippen LogP contribution in [0.3, 0.4) is 0 Å². The van der Waals surface area contributed by atoms with E-state index in [-0.39, 0.29) is 11.3 Å².